The van der Waals surface area contributed by atoms with Gasteiger partial charge < -0.3 is 19.5 Å². The van der Waals surface area contributed by atoms with Crippen molar-refractivity contribution in [3.63, 3.8) is 0 Å². The zero-order valence-corrected chi connectivity index (χ0v) is 14.9. The summed E-state index contributed by atoms with van der Waals surface area (Å²) in [6.07, 6.45) is 1.46. The van der Waals surface area contributed by atoms with Gasteiger partial charge in [0.1, 0.15) is 17.4 Å². The first-order valence-corrected chi connectivity index (χ1v) is 8.00. The van der Waals surface area contributed by atoms with Gasteiger partial charge in [0.25, 0.3) is 5.91 Å². The molecule has 0 atom stereocenters. The number of hydrogen-bond donors (Lipinski definition) is 1. The van der Waals surface area contributed by atoms with E-state index in [9.17, 15) is 10.1 Å². The molecule has 0 unspecified atom stereocenters. The summed E-state index contributed by atoms with van der Waals surface area (Å²) in [7, 11) is 3.02. The Labute approximate surface area is 152 Å². The normalized spacial score (nSPS) is 10.6. The van der Waals surface area contributed by atoms with E-state index in [1.54, 1.807) is 42.5 Å². The highest BCUT2D eigenvalue weighted by molar-refractivity contribution is 6.10. The Morgan fingerprint density at radius 1 is 1.12 bits per heavy atom. The second-order valence-electron chi connectivity index (χ2n) is 5.14. The molecule has 0 saturated carbocycles. The lowest BCUT2D eigenvalue weighted by Crippen LogP contribution is -2.14. The van der Waals surface area contributed by atoms with Crippen molar-refractivity contribution in [2.75, 3.05) is 26.1 Å². The van der Waals surface area contributed by atoms with Gasteiger partial charge in [-0.25, -0.2) is 0 Å². The van der Waals surface area contributed by atoms with Crippen molar-refractivity contribution in [1.29, 1.82) is 5.26 Å². The number of rotatable bonds is 7. The Hall–Kier alpha value is -3.46. The molecule has 0 aliphatic rings. The quantitative estimate of drug-likeness (QED) is 0.608. The molecule has 0 fully saturated rings. The van der Waals surface area contributed by atoms with Crippen molar-refractivity contribution < 1.29 is 19.0 Å². The van der Waals surface area contributed by atoms with Gasteiger partial charge >= 0.3 is 0 Å². The van der Waals surface area contributed by atoms with Crippen molar-refractivity contribution in [3.05, 3.63) is 53.6 Å². The number of methoxy groups -OCH3 is 2. The number of nitrogens with one attached hydrogen (secondary N) is 1. The van der Waals surface area contributed by atoms with E-state index in [0.717, 1.165) is 0 Å². The standard InChI is InChI=1S/C20H20N2O4/c1-4-26-18-11-7-8-14(19(18)25-3)12-15(13-21)20(23)22-16-9-5-6-10-17(16)24-2/h5-12H,4H2,1-3H3,(H,22,23)/b15-12+. The molecule has 0 aromatic heterocycles. The summed E-state index contributed by atoms with van der Waals surface area (Å²) in [4.78, 5) is 12.5. The van der Waals surface area contributed by atoms with Crippen LogP contribution in [0.2, 0.25) is 0 Å². The molecule has 0 saturated heterocycles. The average molecular weight is 352 g/mol. The Morgan fingerprint density at radius 2 is 1.85 bits per heavy atom. The van der Waals surface area contributed by atoms with Gasteiger partial charge in [-0.1, -0.05) is 24.3 Å². The molecule has 2 aromatic rings. The van der Waals surface area contributed by atoms with E-state index >= 15 is 0 Å². The number of anilines is 1. The van der Waals surface area contributed by atoms with E-state index in [1.807, 2.05) is 13.0 Å². The maximum atomic E-state index is 12.5. The van der Waals surface area contributed by atoms with Gasteiger partial charge in [-0.15, -0.1) is 0 Å². The third-order valence-corrected chi connectivity index (χ3v) is 3.53. The summed E-state index contributed by atoms with van der Waals surface area (Å²) in [5, 5.41) is 12.1. The van der Waals surface area contributed by atoms with Gasteiger partial charge in [0.2, 0.25) is 0 Å². The van der Waals surface area contributed by atoms with Crippen molar-refractivity contribution in [1.82, 2.24) is 0 Å². The van der Waals surface area contributed by atoms with Crippen LogP contribution in [0.5, 0.6) is 17.2 Å². The number of amides is 1. The molecule has 0 heterocycles. The monoisotopic (exact) mass is 352 g/mol. The fourth-order valence-electron chi connectivity index (χ4n) is 2.38. The van der Waals surface area contributed by atoms with Crippen molar-refractivity contribution in [3.8, 4) is 23.3 Å². The zero-order chi connectivity index (χ0) is 18.9. The number of benzene rings is 2. The lowest BCUT2D eigenvalue weighted by Gasteiger charge is -2.12. The maximum absolute atomic E-state index is 12.5. The number of nitriles is 1. The number of ether oxygens (including phenoxy) is 3. The number of para-hydroxylation sites is 3. The van der Waals surface area contributed by atoms with Gasteiger partial charge in [0.05, 0.1) is 26.5 Å². The van der Waals surface area contributed by atoms with Crippen molar-refractivity contribution in [2.45, 2.75) is 6.92 Å². The summed E-state index contributed by atoms with van der Waals surface area (Å²) >= 11 is 0. The van der Waals surface area contributed by atoms with Crippen LogP contribution in [0.15, 0.2) is 48.0 Å². The minimum Gasteiger partial charge on any atom is -0.495 e. The van der Waals surface area contributed by atoms with E-state index in [2.05, 4.69) is 5.32 Å². The van der Waals surface area contributed by atoms with Crippen LogP contribution in [0.1, 0.15) is 12.5 Å². The van der Waals surface area contributed by atoms with E-state index in [-0.39, 0.29) is 5.57 Å². The number of nitrogens with zero attached hydrogens (tertiary/aromatic N) is 1. The highest BCUT2D eigenvalue weighted by Crippen LogP contribution is 2.32. The van der Waals surface area contributed by atoms with E-state index < -0.39 is 5.91 Å². The highest BCUT2D eigenvalue weighted by atomic mass is 16.5. The molecule has 134 valence electrons. The van der Waals surface area contributed by atoms with Crippen LogP contribution in [-0.4, -0.2) is 26.7 Å². The van der Waals surface area contributed by atoms with Crippen LogP contribution in [0.3, 0.4) is 0 Å². The second-order valence-corrected chi connectivity index (χ2v) is 5.14. The molecule has 1 amide bonds. The van der Waals surface area contributed by atoms with E-state index in [1.165, 1.54) is 20.3 Å². The molecule has 6 heteroatoms. The largest absolute Gasteiger partial charge is 0.495 e. The number of carbonyl (C=O) groups is 1. The minimum atomic E-state index is -0.541. The van der Waals surface area contributed by atoms with Crippen LogP contribution in [0.4, 0.5) is 5.69 Å². The van der Waals surface area contributed by atoms with Crippen molar-refractivity contribution >= 4 is 17.7 Å². The van der Waals surface area contributed by atoms with E-state index in [0.29, 0.717) is 35.1 Å². The Kier molecular flexibility index (Phi) is 6.63. The fourth-order valence-corrected chi connectivity index (χ4v) is 2.38. The summed E-state index contributed by atoms with van der Waals surface area (Å²) in [5.74, 6) is 0.980. The molecular formula is C20H20N2O4. The first-order chi connectivity index (χ1) is 12.6. The summed E-state index contributed by atoms with van der Waals surface area (Å²) in [5.41, 5.74) is 0.990. The summed E-state index contributed by atoms with van der Waals surface area (Å²) in [6.45, 7) is 2.34. The molecule has 1 N–H and O–H groups in total. The van der Waals surface area contributed by atoms with Gasteiger partial charge in [0, 0.05) is 5.56 Å². The Bertz CT molecular complexity index is 853. The van der Waals surface area contributed by atoms with Crippen LogP contribution in [0, 0.1) is 11.3 Å². The molecule has 0 radical (unpaired) electrons. The first-order valence-electron chi connectivity index (χ1n) is 8.00. The topological polar surface area (TPSA) is 80.6 Å². The molecule has 0 aliphatic carbocycles. The molecule has 0 spiro atoms. The number of hydrogen-bond acceptors (Lipinski definition) is 5. The number of carbonyl (C=O) groups excluding carboxylic acids is 1. The summed E-state index contributed by atoms with van der Waals surface area (Å²) < 4.78 is 16.1. The highest BCUT2D eigenvalue weighted by Gasteiger charge is 2.15. The van der Waals surface area contributed by atoms with Crippen LogP contribution >= 0.6 is 0 Å². The predicted molar refractivity (Wildman–Crippen MR) is 99.4 cm³/mol. The average Bonchev–Trinajstić information content (AvgIpc) is 2.66. The van der Waals surface area contributed by atoms with E-state index in [4.69, 9.17) is 14.2 Å². The minimum absolute atomic E-state index is 0.0668. The molecule has 0 aliphatic heterocycles. The SMILES string of the molecule is CCOc1cccc(/C=C(\C#N)C(=O)Nc2ccccc2OC)c1OC. The van der Waals surface area contributed by atoms with Crippen molar-refractivity contribution in [2.24, 2.45) is 0 Å². The van der Waals surface area contributed by atoms with Gasteiger partial charge in [0.15, 0.2) is 11.5 Å². The smallest absolute Gasteiger partial charge is 0.266 e. The predicted octanol–water partition coefficient (Wildman–Crippen LogP) is 3.65. The van der Waals surface area contributed by atoms with Gasteiger partial charge in [-0.2, -0.15) is 5.26 Å². The fraction of sp³-hybridized carbons (Fsp3) is 0.200. The summed E-state index contributed by atoms with van der Waals surface area (Å²) in [6, 6.07) is 14.2. The third-order valence-electron chi connectivity index (χ3n) is 3.53. The molecule has 26 heavy (non-hydrogen) atoms. The Morgan fingerprint density at radius 3 is 2.50 bits per heavy atom. The first kappa shape index (κ1) is 18.9. The molecular weight excluding hydrogens is 332 g/mol. The maximum Gasteiger partial charge on any atom is 0.266 e. The van der Waals surface area contributed by atoms with Crippen LogP contribution < -0.4 is 19.5 Å². The Balaban J connectivity index is 2.35. The molecule has 2 aromatic carbocycles. The molecule has 2 rings (SSSR count). The lowest BCUT2D eigenvalue weighted by molar-refractivity contribution is -0.112. The molecule has 0 bridgehead atoms. The lowest BCUT2D eigenvalue weighted by atomic mass is 10.1. The third kappa shape index (κ3) is 4.33. The van der Waals surface area contributed by atoms with Crippen LogP contribution in [-0.2, 0) is 4.79 Å². The molecule has 6 nitrogen and oxygen atoms in total. The van der Waals surface area contributed by atoms with Gasteiger partial charge in [-0.3, -0.25) is 4.79 Å². The zero-order valence-electron chi connectivity index (χ0n) is 14.9. The van der Waals surface area contributed by atoms with Gasteiger partial charge in [-0.05, 0) is 31.2 Å². The van der Waals surface area contributed by atoms with Crippen LogP contribution in [0.25, 0.3) is 6.08 Å². The second kappa shape index (κ2) is 9.14.